The zero-order valence-corrected chi connectivity index (χ0v) is 14.3. The summed E-state index contributed by atoms with van der Waals surface area (Å²) in [5.41, 5.74) is 0.361. The monoisotopic (exact) mass is 380 g/mol. The Morgan fingerprint density at radius 1 is 1.38 bits per heavy atom. The van der Waals surface area contributed by atoms with E-state index < -0.39 is 16.2 Å². The van der Waals surface area contributed by atoms with Gasteiger partial charge in [0.1, 0.15) is 5.75 Å². The molecule has 0 bridgehead atoms. The van der Waals surface area contributed by atoms with Crippen molar-refractivity contribution in [1.29, 1.82) is 0 Å². The van der Waals surface area contributed by atoms with Crippen LogP contribution in [0.1, 0.15) is 6.42 Å². The third-order valence-electron chi connectivity index (χ3n) is 2.67. The predicted octanol–water partition coefficient (Wildman–Crippen LogP) is 1.61. The van der Waals surface area contributed by atoms with Gasteiger partial charge in [-0.25, -0.2) is 0 Å². The van der Waals surface area contributed by atoms with Crippen molar-refractivity contribution < 1.29 is 22.7 Å². The van der Waals surface area contributed by atoms with Crippen molar-refractivity contribution >= 4 is 37.8 Å². The molecule has 0 radical (unpaired) electrons. The first-order valence-corrected chi connectivity index (χ1v) is 8.18. The number of nitrogens with one attached hydrogen (secondary N) is 1. The lowest BCUT2D eigenvalue weighted by molar-refractivity contribution is -0.140. The van der Waals surface area contributed by atoms with Crippen molar-refractivity contribution in [2.45, 2.75) is 6.42 Å². The number of methoxy groups -OCH3 is 2. The fraction of sp³-hybridized carbons (Fsp3) is 0.417. The molecule has 0 heterocycles. The van der Waals surface area contributed by atoms with Crippen LogP contribution in [-0.4, -0.2) is 46.5 Å². The molecule has 9 heteroatoms. The number of rotatable bonds is 7. The van der Waals surface area contributed by atoms with Crippen LogP contribution in [0, 0.1) is 0 Å². The van der Waals surface area contributed by atoms with Gasteiger partial charge >= 0.3 is 16.2 Å². The summed E-state index contributed by atoms with van der Waals surface area (Å²) in [5, 5.41) is 0. The fourth-order valence-corrected chi connectivity index (χ4v) is 2.74. The standard InChI is InChI=1S/C12H17BrN2O5S/c1-15(7-6-12(16)20-3)21(17,18)14-9-4-5-10(13)11(8-9)19-2/h4-5,8,14H,6-7H2,1-3H3. The van der Waals surface area contributed by atoms with Crippen LogP contribution in [0.25, 0.3) is 0 Å². The summed E-state index contributed by atoms with van der Waals surface area (Å²) in [7, 11) is 0.366. The molecule has 21 heavy (non-hydrogen) atoms. The minimum absolute atomic E-state index is 0.0163. The second-order valence-corrected chi connectivity index (χ2v) is 6.74. The van der Waals surface area contributed by atoms with E-state index in [2.05, 4.69) is 25.4 Å². The van der Waals surface area contributed by atoms with Crippen molar-refractivity contribution in [3.8, 4) is 5.75 Å². The van der Waals surface area contributed by atoms with Crippen molar-refractivity contribution in [3.63, 3.8) is 0 Å². The van der Waals surface area contributed by atoms with E-state index in [9.17, 15) is 13.2 Å². The lowest BCUT2D eigenvalue weighted by Crippen LogP contribution is -2.34. The number of carbonyl (C=O) groups is 1. The number of hydrogen-bond acceptors (Lipinski definition) is 5. The van der Waals surface area contributed by atoms with Crippen LogP contribution >= 0.6 is 15.9 Å². The molecule has 0 unspecified atom stereocenters. The molecule has 1 rings (SSSR count). The summed E-state index contributed by atoms with van der Waals surface area (Å²) in [6.45, 7) is 0.0235. The molecule has 0 aliphatic carbocycles. The molecule has 0 aromatic heterocycles. The van der Waals surface area contributed by atoms with E-state index >= 15 is 0 Å². The first-order valence-electron chi connectivity index (χ1n) is 5.94. The van der Waals surface area contributed by atoms with Crippen LogP contribution in [0.3, 0.4) is 0 Å². The van der Waals surface area contributed by atoms with Crippen LogP contribution in [0.15, 0.2) is 22.7 Å². The third-order valence-corrected chi connectivity index (χ3v) is 4.82. The maximum absolute atomic E-state index is 12.1. The number of benzene rings is 1. The largest absolute Gasteiger partial charge is 0.495 e. The molecular weight excluding hydrogens is 364 g/mol. The van der Waals surface area contributed by atoms with Crippen LogP contribution in [-0.2, 0) is 19.7 Å². The molecule has 0 saturated carbocycles. The highest BCUT2D eigenvalue weighted by Crippen LogP contribution is 2.28. The van der Waals surface area contributed by atoms with Gasteiger partial charge in [-0.3, -0.25) is 9.52 Å². The minimum atomic E-state index is -3.75. The van der Waals surface area contributed by atoms with E-state index in [1.54, 1.807) is 18.2 Å². The average molecular weight is 381 g/mol. The molecule has 118 valence electrons. The predicted molar refractivity (Wildman–Crippen MR) is 82.5 cm³/mol. The van der Waals surface area contributed by atoms with Crippen LogP contribution in [0.2, 0.25) is 0 Å². The van der Waals surface area contributed by atoms with Gasteiger partial charge in [0.2, 0.25) is 0 Å². The van der Waals surface area contributed by atoms with Gasteiger partial charge in [0.15, 0.2) is 0 Å². The molecule has 0 saturated heterocycles. The van der Waals surface area contributed by atoms with E-state index in [4.69, 9.17) is 4.74 Å². The number of ether oxygens (including phenoxy) is 2. The topological polar surface area (TPSA) is 84.9 Å². The highest BCUT2D eigenvalue weighted by atomic mass is 79.9. The lowest BCUT2D eigenvalue weighted by atomic mass is 10.3. The second-order valence-electron chi connectivity index (χ2n) is 4.10. The summed E-state index contributed by atoms with van der Waals surface area (Å²) < 4.78 is 37.9. The van der Waals surface area contributed by atoms with E-state index in [1.165, 1.54) is 21.3 Å². The number of nitrogens with zero attached hydrogens (tertiary/aromatic N) is 1. The Bertz CT molecular complexity index is 606. The minimum Gasteiger partial charge on any atom is -0.495 e. The molecule has 0 spiro atoms. The van der Waals surface area contributed by atoms with E-state index in [0.717, 1.165) is 4.31 Å². The molecule has 0 atom stereocenters. The summed E-state index contributed by atoms with van der Waals surface area (Å²) in [5.74, 6) is 0.0368. The van der Waals surface area contributed by atoms with E-state index in [1.807, 2.05) is 0 Å². The van der Waals surface area contributed by atoms with Crippen LogP contribution in [0.5, 0.6) is 5.75 Å². The van der Waals surface area contributed by atoms with Crippen molar-refractivity contribution in [2.75, 3.05) is 32.5 Å². The first-order chi connectivity index (χ1) is 9.80. The molecule has 1 aromatic carbocycles. The van der Waals surface area contributed by atoms with Gasteiger partial charge in [0.25, 0.3) is 0 Å². The summed E-state index contributed by atoms with van der Waals surface area (Å²) in [6.07, 6.45) is -0.0163. The van der Waals surface area contributed by atoms with E-state index in [-0.39, 0.29) is 13.0 Å². The molecule has 0 aliphatic heterocycles. The highest BCUT2D eigenvalue weighted by molar-refractivity contribution is 9.10. The van der Waals surface area contributed by atoms with Gasteiger partial charge < -0.3 is 9.47 Å². The van der Waals surface area contributed by atoms with Gasteiger partial charge in [-0.05, 0) is 28.1 Å². The third kappa shape index (κ3) is 5.18. The number of esters is 1. The molecule has 1 aromatic rings. The Hall–Kier alpha value is -1.32. The number of carbonyl (C=O) groups excluding carboxylic acids is 1. The van der Waals surface area contributed by atoms with E-state index in [0.29, 0.717) is 15.9 Å². The zero-order chi connectivity index (χ0) is 16.0. The van der Waals surface area contributed by atoms with Crippen LogP contribution in [0.4, 0.5) is 5.69 Å². The SMILES string of the molecule is COC(=O)CCN(C)S(=O)(=O)Nc1ccc(Br)c(OC)c1. The summed E-state index contributed by atoms with van der Waals surface area (Å²) in [4.78, 5) is 11.0. The number of hydrogen-bond donors (Lipinski definition) is 1. The Balaban J connectivity index is 2.77. The van der Waals surface area contributed by atoms with Crippen molar-refractivity contribution in [1.82, 2.24) is 4.31 Å². The molecule has 0 amide bonds. The Morgan fingerprint density at radius 2 is 2.05 bits per heavy atom. The number of halogens is 1. The quantitative estimate of drug-likeness (QED) is 0.726. The maximum Gasteiger partial charge on any atom is 0.306 e. The van der Waals surface area contributed by atoms with Gasteiger partial charge in [0.05, 0.1) is 30.8 Å². The Kier molecular flexibility index (Phi) is 6.43. The molecule has 1 N–H and O–H groups in total. The second kappa shape index (κ2) is 7.62. The van der Waals surface area contributed by atoms with Crippen LogP contribution < -0.4 is 9.46 Å². The average Bonchev–Trinajstić information content (AvgIpc) is 2.45. The Morgan fingerprint density at radius 3 is 2.62 bits per heavy atom. The molecule has 0 fully saturated rings. The van der Waals surface area contributed by atoms with Gasteiger partial charge in [0, 0.05) is 19.7 Å². The maximum atomic E-state index is 12.1. The molecular formula is C12H17BrN2O5S. The zero-order valence-electron chi connectivity index (χ0n) is 11.9. The first kappa shape index (κ1) is 17.7. The fourth-order valence-electron chi connectivity index (χ4n) is 1.42. The Labute approximate surface area is 132 Å². The smallest absolute Gasteiger partial charge is 0.306 e. The van der Waals surface area contributed by atoms with Crippen molar-refractivity contribution in [2.24, 2.45) is 0 Å². The summed E-state index contributed by atoms with van der Waals surface area (Å²) in [6, 6.07) is 4.82. The highest BCUT2D eigenvalue weighted by Gasteiger charge is 2.19. The number of anilines is 1. The van der Waals surface area contributed by atoms with Gasteiger partial charge in [-0.15, -0.1) is 0 Å². The lowest BCUT2D eigenvalue weighted by Gasteiger charge is -2.18. The summed E-state index contributed by atoms with van der Waals surface area (Å²) >= 11 is 3.28. The van der Waals surface area contributed by atoms with Gasteiger partial charge in [-0.1, -0.05) is 0 Å². The van der Waals surface area contributed by atoms with Crippen molar-refractivity contribution in [3.05, 3.63) is 22.7 Å². The molecule has 0 aliphatic rings. The van der Waals surface area contributed by atoms with Gasteiger partial charge in [-0.2, -0.15) is 12.7 Å². The molecule has 7 nitrogen and oxygen atoms in total. The normalized spacial score (nSPS) is 11.3.